The van der Waals surface area contributed by atoms with Crippen LogP contribution in [-0.2, 0) is 6.18 Å². The number of alkyl halides is 3. The lowest BCUT2D eigenvalue weighted by atomic mass is 10.0. The van der Waals surface area contributed by atoms with E-state index in [0.717, 1.165) is 32.2 Å². The fourth-order valence-electron chi connectivity index (χ4n) is 2.40. The van der Waals surface area contributed by atoms with Gasteiger partial charge in [0.1, 0.15) is 0 Å². The van der Waals surface area contributed by atoms with E-state index in [1.807, 2.05) is 0 Å². The average molecular weight is 386 g/mol. The van der Waals surface area contributed by atoms with Gasteiger partial charge in [0.05, 0.1) is 11.6 Å². The Morgan fingerprint density at radius 3 is 2.38 bits per heavy atom. The van der Waals surface area contributed by atoms with Gasteiger partial charge in [0.15, 0.2) is 0 Å². The second-order valence-corrected chi connectivity index (χ2v) is 5.65. The van der Waals surface area contributed by atoms with Crippen LogP contribution in [0.2, 0.25) is 0 Å². The van der Waals surface area contributed by atoms with Gasteiger partial charge in [-0.05, 0) is 23.8 Å². The van der Waals surface area contributed by atoms with E-state index in [0.29, 0.717) is 10.0 Å². The molecule has 1 N–H and O–H groups in total. The van der Waals surface area contributed by atoms with Crippen LogP contribution in [0.1, 0.15) is 17.2 Å². The number of benzene rings is 1. The summed E-state index contributed by atoms with van der Waals surface area (Å²) >= 11 is 3.16. The van der Waals surface area contributed by atoms with Gasteiger partial charge in [0.2, 0.25) is 0 Å². The SMILES string of the molecule is C=C[C@@H](c1cc(Br)cc(C(F)(F)F)c1)N1CCNCC1.Cl. The molecule has 0 radical (unpaired) electrons. The Hall–Kier alpha value is -0.560. The molecule has 0 unspecified atom stereocenters. The van der Waals surface area contributed by atoms with Gasteiger partial charge < -0.3 is 5.32 Å². The van der Waals surface area contributed by atoms with Crippen LogP contribution < -0.4 is 5.32 Å². The molecule has 0 amide bonds. The molecule has 1 aliphatic heterocycles. The van der Waals surface area contributed by atoms with Crippen LogP contribution in [0.15, 0.2) is 35.3 Å². The highest BCUT2D eigenvalue weighted by Crippen LogP contribution is 2.34. The topological polar surface area (TPSA) is 15.3 Å². The van der Waals surface area contributed by atoms with Crippen molar-refractivity contribution < 1.29 is 13.2 Å². The van der Waals surface area contributed by atoms with Crippen molar-refractivity contribution in [3.63, 3.8) is 0 Å². The number of hydrogen-bond donors (Lipinski definition) is 1. The van der Waals surface area contributed by atoms with E-state index in [2.05, 4.69) is 32.7 Å². The zero-order chi connectivity index (χ0) is 14.8. The smallest absolute Gasteiger partial charge is 0.314 e. The van der Waals surface area contributed by atoms with Crippen molar-refractivity contribution in [1.82, 2.24) is 10.2 Å². The van der Waals surface area contributed by atoms with Gasteiger partial charge in [-0.2, -0.15) is 13.2 Å². The van der Waals surface area contributed by atoms with Crippen molar-refractivity contribution >= 4 is 28.3 Å². The van der Waals surface area contributed by atoms with Crippen LogP contribution in [0, 0.1) is 0 Å². The highest BCUT2D eigenvalue weighted by Gasteiger charge is 2.32. The minimum absolute atomic E-state index is 0. The molecule has 7 heteroatoms. The predicted molar refractivity (Wildman–Crippen MR) is 83.8 cm³/mol. The lowest BCUT2D eigenvalue weighted by molar-refractivity contribution is -0.137. The third-order valence-electron chi connectivity index (χ3n) is 3.36. The molecule has 1 aromatic carbocycles. The summed E-state index contributed by atoms with van der Waals surface area (Å²) in [5.41, 5.74) is -0.0209. The van der Waals surface area contributed by atoms with Gasteiger partial charge in [-0.1, -0.05) is 22.0 Å². The molecule has 0 aliphatic carbocycles. The number of piperazine rings is 1. The Bertz CT molecular complexity index is 488. The molecule has 1 heterocycles. The first kappa shape index (κ1) is 18.5. The summed E-state index contributed by atoms with van der Waals surface area (Å²) in [4.78, 5) is 2.13. The second-order valence-electron chi connectivity index (χ2n) is 4.74. The number of halogens is 5. The number of nitrogens with one attached hydrogen (secondary N) is 1. The Morgan fingerprint density at radius 1 is 1.24 bits per heavy atom. The molecule has 0 aromatic heterocycles. The van der Waals surface area contributed by atoms with Gasteiger partial charge in [-0.15, -0.1) is 19.0 Å². The van der Waals surface area contributed by atoms with E-state index in [-0.39, 0.29) is 18.4 Å². The van der Waals surface area contributed by atoms with Crippen LogP contribution >= 0.6 is 28.3 Å². The van der Waals surface area contributed by atoms with E-state index in [1.165, 1.54) is 6.07 Å². The summed E-state index contributed by atoms with van der Waals surface area (Å²) in [5.74, 6) is 0. The van der Waals surface area contributed by atoms with E-state index < -0.39 is 11.7 Å². The van der Waals surface area contributed by atoms with Crippen molar-refractivity contribution in [3.05, 3.63) is 46.5 Å². The van der Waals surface area contributed by atoms with Crippen LogP contribution in [0.5, 0.6) is 0 Å². The molecule has 1 saturated heterocycles. The summed E-state index contributed by atoms with van der Waals surface area (Å²) in [6.07, 6.45) is -2.64. The molecule has 118 valence electrons. The minimum Gasteiger partial charge on any atom is -0.314 e. The molecule has 21 heavy (non-hydrogen) atoms. The van der Waals surface area contributed by atoms with Gasteiger partial charge >= 0.3 is 6.18 Å². The number of nitrogens with zero attached hydrogens (tertiary/aromatic N) is 1. The van der Waals surface area contributed by atoms with Crippen LogP contribution in [0.25, 0.3) is 0 Å². The number of rotatable bonds is 3. The van der Waals surface area contributed by atoms with E-state index >= 15 is 0 Å². The highest BCUT2D eigenvalue weighted by molar-refractivity contribution is 9.10. The first-order valence-corrected chi connectivity index (χ1v) is 7.16. The van der Waals surface area contributed by atoms with Crippen LogP contribution in [0.3, 0.4) is 0 Å². The first-order valence-electron chi connectivity index (χ1n) is 6.37. The highest BCUT2D eigenvalue weighted by atomic mass is 79.9. The third-order valence-corrected chi connectivity index (χ3v) is 3.82. The van der Waals surface area contributed by atoms with Gasteiger partial charge in [0, 0.05) is 30.7 Å². The number of hydrogen-bond acceptors (Lipinski definition) is 2. The Morgan fingerprint density at radius 2 is 1.86 bits per heavy atom. The predicted octanol–water partition coefficient (Wildman–Crippen LogP) is 4.02. The van der Waals surface area contributed by atoms with Crippen molar-refractivity contribution in [2.75, 3.05) is 26.2 Å². The molecule has 0 spiro atoms. The quantitative estimate of drug-likeness (QED) is 0.791. The van der Waals surface area contributed by atoms with Crippen molar-refractivity contribution in [1.29, 1.82) is 0 Å². The van der Waals surface area contributed by atoms with E-state index in [4.69, 9.17) is 0 Å². The van der Waals surface area contributed by atoms with Crippen LogP contribution in [0.4, 0.5) is 13.2 Å². The summed E-state index contributed by atoms with van der Waals surface area (Å²) in [7, 11) is 0. The Labute approximate surface area is 136 Å². The summed E-state index contributed by atoms with van der Waals surface area (Å²) < 4.78 is 39.1. The minimum atomic E-state index is -4.34. The molecule has 0 saturated carbocycles. The summed E-state index contributed by atoms with van der Waals surface area (Å²) in [6.45, 7) is 7.04. The van der Waals surface area contributed by atoms with Crippen molar-refractivity contribution in [2.45, 2.75) is 12.2 Å². The zero-order valence-corrected chi connectivity index (χ0v) is 13.7. The average Bonchev–Trinajstić information content (AvgIpc) is 2.39. The third kappa shape index (κ3) is 4.71. The molecular formula is C14H17BrClF3N2. The molecule has 2 rings (SSSR count). The molecular weight excluding hydrogens is 369 g/mol. The zero-order valence-electron chi connectivity index (χ0n) is 11.3. The normalized spacial score (nSPS) is 17.9. The lowest BCUT2D eigenvalue weighted by Crippen LogP contribution is -2.44. The maximum absolute atomic E-state index is 12.9. The maximum Gasteiger partial charge on any atom is 0.416 e. The molecule has 1 atom stereocenters. The van der Waals surface area contributed by atoms with Crippen molar-refractivity contribution in [2.24, 2.45) is 0 Å². The van der Waals surface area contributed by atoms with E-state index in [9.17, 15) is 13.2 Å². The molecule has 2 nitrogen and oxygen atoms in total. The molecule has 1 aromatic rings. The standard InChI is InChI=1S/C14H16BrF3N2.ClH/c1-2-13(20-5-3-19-4-6-20)10-7-11(14(16,17)18)9-12(15)8-10;/h2,7-9,13,19H,1,3-6H2;1H/t13-;/m0./s1. The van der Waals surface area contributed by atoms with Gasteiger partial charge in [-0.3, -0.25) is 4.90 Å². The molecule has 1 fully saturated rings. The van der Waals surface area contributed by atoms with Gasteiger partial charge in [0.25, 0.3) is 0 Å². The Balaban J connectivity index is 0.00000220. The van der Waals surface area contributed by atoms with E-state index in [1.54, 1.807) is 12.1 Å². The Kier molecular flexibility index (Phi) is 6.71. The largest absolute Gasteiger partial charge is 0.416 e. The van der Waals surface area contributed by atoms with Crippen LogP contribution in [-0.4, -0.2) is 31.1 Å². The first-order chi connectivity index (χ1) is 9.41. The molecule has 1 aliphatic rings. The lowest BCUT2D eigenvalue weighted by Gasteiger charge is -2.33. The molecule has 0 bridgehead atoms. The van der Waals surface area contributed by atoms with Gasteiger partial charge in [-0.25, -0.2) is 0 Å². The second kappa shape index (κ2) is 7.63. The van der Waals surface area contributed by atoms with Crippen molar-refractivity contribution in [3.8, 4) is 0 Å². The monoisotopic (exact) mass is 384 g/mol. The fourth-order valence-corrected chi connectivity index (χ4v) is 2.91. The summed E-state index contributed by atoms with van der Waals surface area (Å²) in [5, 5.41) is 3.23. The summed E-state index contributed by atoms with van der Waals surface area (Å²) in [6, 6.07) is 3.83. The fraction of sp³-hybridized carbons (Fsp3) is 0.429. The maximum atomic E-state index is 12.9.